The van der Waals surface area contributed by atoms with Gasteiger partial charge in [0.15, 0.2) is 5.96 Å². The lowest BCUT2D eigenvalue weighted by molar-refractivity contribution is 0.0205. The van der Waals surface area contributed by atoms with Crippen LogP contribution < -0.4 is 10.6 Å². The minimum Gasteiger partial charge on any atom is -0.381 e. The zero-order valence-electron chi connectivity index (χ0n) is 17.3. The minimum absolute atomic E-state index is 0. The summed E-state index contributed by atoms with van der Waals surface area (Å²) in [6.45, 7) is 7.87. The van der Waals surface area contributed by atoms with Crippen LogP contribution in [0.2, 0.25) is 0 Å². The van der Waals surface area contributed by atoms with E-state index in [0.29, 0.717) is 5.92 Å². The predicted octanol–water partition coefficient (Wildman–Crippen LogP) is 2.88. The molecule has 8 heteroatoms. The summed E-state index contributed by atoms with van der Waals surface area (Å²) in [5.41, 5.74) is 2.06. The Morgan fingerprint density at radius 3 is 2.97 bits per heavy atom. The molecule has 0 atom stereocenters. The molecule has 7 nitrogen and oxygen atoms in total. The smallest absolute Gasteiger partial charge is 0.191 e. The van der Waals surface area contributed by atoms with Crippen LogP contribution in [-0.4, -0.2) is 61.4 Å². The number of nitrogens with zero attached hydrogens (tertiary/aromatic N) is 3. The number of rotatable bonds is 10. The van der Waals surface area contributed by atoms with Crippen molar-refractivity contribution in [3.05, 3.63) is 36.3 Å². The van der Waals surface area contributed by atoms with Crippen LogP contribution in [0.5, 0.6) is 0 Å². The summed E-state index contributed by atoms with van der Waals surface area (Å²) >= 11 is 0. The maximum atomic E-state index is 5.81. The van der Waals surface area contributed by atoms with E-state index in [4.69, 9.17) is 9.47 Å². The Kier molecular flexibility index (Phi) is 11.3. The van der Waals surface area contributed by atoms with E-state index >= 15 is 0 Å². The number of fused-ring (bicyclic) bond motifs is 1. The third kappa shape index (κ3) is 8.47. The molecule has 1 fully saturated rings. The number of hydrogen-bond donors (Lipinski definition) is 2. The first-order chi connectivity index (χ1) is 13.8. The van der Waals surface area contributed by atoms with Crippen LogP contribution in [0.4, 0.5) is 0 Å². The highest BCUT2D eigenvalue weighted by molar-refractivity contribution is 14.0. The molecule has 1 saturated heterocycles. The van der Waals surface area contributed by atoms with Crippen molar-refractivity contribution in [1.82, 2.24) is 20.0 Å². The van der Waals surface area contributed by atoms with E-state index in [0.717, 1.165) is 89.0 Å². The SMILES string of the molecule is CCNC(=NCCCOCC1CCOCC1)NCCc1cn2ccccc2n1.I. The van der Waals surface area contributed by atoms with Crippen molar-refractivity contribution in [3.8, 4) is 0 Å². The summed E-state index contributed by atoms with van der Waals surface area (Å²) in [7, 11) is 0. The first-order valence-electron chi connectivity index (χ1n) is 10.5. The van der Waals surface area contributed by atoms with Gasteiger partial charge in [-0.2, -0.15) is 0 Å². The zero-order chi connectivity index (χ0) is 19.4. The molecular formula is C21H34IN5O2. The van der Waals surface area contributed by atoms with Gasteiger partial charge in [-0.05, 0) is 44.2 Å². The van der Waals surface area contributed by atoms with Crippen LogP contribution in [0.3, 0.4) is 0 Å². The molecular weight excluding hydrogens is 481 g/mol. The van der Waals surface area contributed by atoms with Gasteiger partial charge in [0.05, 0.1) is 5.69 Å². The number of halogens is 1. The number of guanidine groups is 1. The molecule has 0 amide bonds. The second kappa shape index (κ2) is 13.8. The predicted molar refractivity (Wildman–Crippen MR) is 127 cm³/mol. The second-order valence-corrected chi connectivity index (χ2v) is 7.12. The standard InChI is InChI=1S/C21H33N5O2.HI/c1-2-22-21(23-10-5-13-28-17-18-8-14-27-15-9-18)24-11-7-19-16-26-12-4-3-6-20(26)25-19;/h3-4,6,12,16,18H,2,5,7-11,13-15,17H2,1H3,(H2,22,23,24);1H. The van der Waals surface area contributed by atoms with Crippen molar-refractivity contribution < 1.29 is 9.47 Å². The Balaban J connectivity index is 0.00000300. The van der Waals surface area contributed by atoms with Crippen molar-refractivity contribution in [2.45, 2.75) is 32.6 Å². The number of aliphatic imine (C=N–C) groups is 1. The van der Waals surface area contributed by atoms with Crippen LogP contribution in [-0.2, 0) is 15.9 Å². The molecule has 0 aromatic carbocycles. The van der Waals surface area contributed by atoms with Gasteiger partial charge in [0.1, 0.15) is 5.65 Å². The fourth-order valence-corrected chi connectivity index (χ4v) is 3.28. The maximum absolute atomic E-state index is 5.81. The first kappa shape index (κ1) is 23.9. The Bertz CT molecular complexity index is 698. The Hall–Kier alpha value is -1.39. The monoisotopic (exact) mass is 515 g/mol. The van der Waals surface area contributed by atoms with Crippen LogP contribution >= 0.6 is 24.0 Å². The summed E-state index contributed by atoms with van der Waals surface area (Å²) in [5.74, 6) is 1.52. The van der Waals surface area contributed by atoms with Gasteiger partial charge >= 0.3 is 0 Å². The second-order valence-electron chi connectivity index (χ2n) is 7.12. The molecule has 3 rings (SSSR count). The quantitative estimate of drug-likeness (QED) is 0.221. The Morgan fingerprint density at radius 2 is 2.17 bits per heavy atom. The van der Waals surface area contributed by atoms with E-state index in [1.807, 2.05) is 24.4 Å². The molecule has 3 heterocycles. The highest BCUT2D eigenvalue weighted by Crippen LogP contribution is 2.14. The fourth-order valence-electron chi connectivity index (χ4n) is 3.28. The Morgan fingerprint density at radius 1 is 1.31 bits per heavy atom. The average Bonchev–Trinajstić information content (AvgIpc) is 3.14. The van der Waals surface area contributed by atoms with Gasteiger partial charge in [-0.3, -0.25) is 4.99 Å². The van der Waals surface area contributed by atoms with Gasteiger partial charge < -0.3 is 24.5 Å². The molecule has 162 valence electrons. The number of aromatic nitrogens is 2. The van der Waals surface area contributed by atoms with Crippen molar-refractivity contribution in [3.63, 3.8) is 0 Å². The number of pyridine rings is 1. The number of imidazole rings is 1. The maximum Gasteiger partial charge on any atom is 0.191 e. The van der Waals surface area contributed by atoms with E-state index in [2.05, 4.69) is 38.1 Å². The minimum atomic E-state index is 0. The molecule has 2 N–H and O–H groups in total. The van der Waals surface area contributed by atoms with E-state index in [1.54, 1.807) is 0 Å². The number of nitrogens with one attached hydrogen (secondary N) is 2. The zero-order valence-corrected chi connectivity index (χ0v) is 19.6. The van der Waals surface area contributed by atoms with E-state index < -0.39 is 0 Å². The van der Waals surface area contributed by atoms with Crippen LogP contribution in [0, 0.1) is 5.92 Å². The van der Waals surface area contributed by atoms with Crippen molar-refractivity contribution in [1.29, 1.82) is 0 Å². The van der Waals surface area contributed by atoms with Crippen LogP contribution in [0.25, 0.3) is 5.65 Å². The number of hydrogen-bond acceptors (Lipinski definition) is 4. The number of ether oxygens (including phenoxy) is 2. The topological polar surface area (TPSA) is 72.2 Å². The lowest BCUT2D eigenvalue weighted by atomic mass is 10.0. The normalized spacial score (nSPS) is 15.3. The average molecular weight is 515 g/mol. The molecule has 1 aliphatic heterocycles. The van der Waals surface area contributed by atoms with E-state index in [1.165, 1.54) is 0 Å². The first-order valence-corrected chi connectivity index (χ1v) is 10.5. The van der Waals surface area contributed by atoms with Gasteiger partial charge in [0, 0.05) is 64.9 Å². The lowest BCUT2D eigenvalue weighted by Crippen LogP contribution is -2.38. The molecule has 0 aliphatic carbocycles. The van der Waals surface area contributed by atoms with Gasteiger partial charge in [0.25, 0.3) is 0 Å². The third-order valence-corrected chi connectivity index (χ3v) is 4.84. The molecule has 2 aromatic rings. The van der Waals surface area contributed by atoms with Gasteiger partial charge in [-0.1, -0.05) is 6.07 Å². The Labute approximate surface area is 190 Å². The molecule has 0 bridgehead atoms. The summed E-state index contributed by atoms with van der Waals surface area (Å²) in [5, 5.41) is 6.69. The molecule has 0 saturated carbocycles. The highest BCUT2D eigenvalue weighted by atomic mass is 127. The molecule has 2 aromatic heterocycles. The van der Waals surface area contributed by atoms with Gasteiger partial charge in [0.2, 0.25) is 0 Å². The summed E-state index contributed by atoms with van der Waals surface area (Å²) in [4.78, 5) is 9.27. The third-order valence-electron chi connectivity index (χ3n) is 4.84. The van der Waals surface area contributed by atoms with Gasteiger partial charge in [-0.25, -0.2) is 4.98 Å². The largest absolute Gasteiger partial charge is 0.381 e. The van der Waals surface area contributed by atoms with E-state index in [9.17, 15) is 0 Å². The van der Waals surface area contributed by atoms with Crippen molar-refractivity contribution in [2.75, 3.05) is 46.1 Å². The fraction of sp³-hybridized carbons (Fsp3) is 0.619. The van der Waals surface area contributed by atoms with E-state index in [-0.39, 0.29) is 24.0 Å². The molecule has 0 radical (unpaired) electrons. The van der Waals surface area contributed by atoms with Crippen molar-refractivity contribution >= 4 is 35.6 Å². The molecule has 0 spiro atoms. The summed E-state index contributed by atoms with van der Waals surface area (Å²) in [6, 6.07) is 6.04. The van der Waals surface area contributed by atoms with Crippen molar-refractivity contribution in [2.24, 2.45) is 10.9 Å². The molecule has 29 heavy (non-hydrogen) atoms. The summed E-state index contributed by atoms with van der Waals surface area (Å²) < 4.78 is 13.2. The van der Waals surface area contributed by atoms with Crippen LogP contribution in [0.15, 0.2) is 35.6 Å². The summed E-state index contributed by atoms with van der Waals surface area (Å²) in [6.07, 6.45) is 8.15. The lowest BCUT2D eigenvalue weighted by Gasteiger charge is -2.21. The molecule has 1 aliphatic rings. The van der Waals surface area contributed by atoms with Crippen LogP contribution in [0.1, 0.15) is 31.9 Å². The highest BCUT2D eigenvalue weighted by Gasteiger charge is 2.13. The molecule has 0 unspecified atom stereocenters. The van der Waals surface area contributed by atoms with Gasteiger partial charge in [-0.15, -0.1) is 24.0 Å².